The summed E-state index contributed by atoms with van der Waals surface area (Å²) >= 11 is 1.59. The normalized spacial score (nSPS) is 10.2. The van der Waals surface area contributed by atoms with E-state index in [9.17, 15) is 10.1 Å². The van der Waals surface area contributed by atoms with E-state index >= 15 is 0 Å². The van der Waals surface area contributed by atoms with Crippen molar-refractivity contribution in [3.05, 3.63) is 58.1 Å². The lowest BCUT2D eigenvalue weighted by molar-refractivity contribution is -0.385. The summed E-state index contributed by atoms with van der Waals surface area (Å²) in [5, 5.41) is 10.9. The number of nitrogen functional groups attached to an aromatic ring is 1. The minimum atomic E-state index is -0.417. The van der Waals surface area contributed by atoms with E-state index in [4.69, 9.17) is 10.5 Å². The Labute approximate surface area is 120 Å². The molecule has 6 heteroatoms. The van der Waals surface area contributed by atoms with Gasteiger partial charge in [-0.25, -0.2) is 0 Å². The van der Waals surface area contributed by atoms with Crippen LogP contribution in [0.1, 0.15) is 5.56 Å². The van der Waals surface area contributed by atoms with Crippen molar-refractivity contribution in [1.82, 2.24) is 0 Å². The van der Waals surface area contributed by atoms with Gasteiger partial charge in [-0.05, 0) is 35.9 Å². The second kappa shape index (κ2) is 6.29. The van der Waals surface area contributed by atoms with Crippen molar-refractivity contribution >= 4 is 23.1 Å². The lowest BCUT2D eigenvalue weighted by Crippen LogP contribution is -1.93. The summed E-state index contributed by atoms with van der Waals surface area (Å²) in [6.07, 6.45) is 0. The van der Waals surface area contributed by atoms with E-state index in [1.54, 1.807) is 23.9 Å². The number of hydrogen-bond acceptors (Lipinski definition) is 5. The molecule has 0 bridgehead atoms. The minimum Gasteiger partial charge on any atom is -0.496 e. The fraction of sp³-hybridized carbons (Fsp3) is 0.143. The number of nitrogens with two attached hydrogens (primary N) is 1. The molecule has 0 aliphatic heterocycles. The van der Waals surface area contributed by atoms with Gasteiger partial charge < -0.3 is 10.5 Å². The number of nitro groups is 1. The van der Waals surface area contributed by atoms with Crippen LogP contribution in [-0.4, -0.2) is 12.0 Å². The number of ether oxygens (including phenoxy) is 1. The highest BCUT2D eigenvalue weighted by atomic mass is 32.2. The van der Waals surface area contributed by atoms with Crippen LogP contribution in [0, 0.1) is 10.1 Å². The zero-order chi connectivity index (χ0) is 14.5. The molecule has 0 fully saturated rings. The van der Waals surface area contributed by atoms with Gasteiger partial charge in [0.1, 0.15) is 5.75 Å². The molecule has 20 heavy (non-hydrogen) atoms. The minimum absolute atomic E-state index is 0.0391. The average molecular weight is 290 g/mol. The van der Waals surface area contributed by atoms with Crippen molar-refractivity contribution in [3.63, 3.8) is 0 Å². The lowest BCUT2D eigenvalue weighted by atomic mass is 10.2. The molecular weight excluding hydrogens is 276 g/mol. The molecule has 0 aliphatic carbocycles. The van der Waals surface area contributed by atoms with Gasteiger partial charge in [-0.15, -0.1) is 11.8 Å². The lowest BCUT2D eigenvalue weighted by Gasteiger charge is -2.05. The SMILES string of the molecule is COc1cc(CSc2ccc(N)cc2)cc([N+](=O)[O-])c1. The first kappa shape index (κ1) is 14.2. The first-order valence-corrected chi connectivity index (χ1v) is 6.88. The van der Waals surface area contributed by atoms with Crippen LogP contribution in [0.3, 0.4) is 0 Å². The van der Waals surface area contributed by atoms with E-state index in [2.05, 4.69) is 0 Å². The van der Waals surface area contributed by atoms with Crippen molar-refractivity contribution in [1.29, 1.82) is 0 Å². The number of hydrogen-bond donors (Lipinski definition) is 1. The van der Waals surface area contributed by atoms with Gasteiger partial charge in [0.15, 0.2) is 0 Å². The van der Waals surface area contributed by atoms with Crippen molar-refractivity contribution in [3.8, 4) is 5.75 Å². The van der Waals surface area contributed by atoms with E-state index in [0.29, 0.717) is 17.2 Å². The van der Waals surface area contributed by atoms with Crippen LogP contribution in [0.15, 0.2) is 47.4 Å². The zero-order valence-corrected chi connectivity index (χ0v) is 11.7. The van der Waals surface area contributed by atoms with Crippen molar-refractivity contribution in [2.75, 3.05) is 12.8 Å². The van der Waals surface area contributed by atoms with E-state index in [0.717, 1.165) is 10.5 Å². The van der Waals surface area contributed by atoms with Crippen LogP contribution in [-0.2, 0) is 5.75 Å². The highest BCUT2D eigenvalue weighted by molar-refractivity contribution is 7.98. The maximum atomic E-state index is 10.9. The Morgan fingerprint density at radius 1 is 1.25 bits per heavy atom. The van der Waals surface area contributed by atoms with Crippen molar-refractivity contribution in [2.24, 2.45) is 0 Å². The largest absolute Gasteiger partial charge is 0.496 e. The van der Waals surface area contributed by atoms with Crippen molar-refractivity contribution < 1.29 is 9.66 Å². The number of rotatable bonds is 5. The summed E-state index contributed by atoms with van der Waals surface area (Å²) in [7, 11) is 1.50. The molecule has 0 unspecified atom stereocenters. The van der Waals surface area contributed by atoms with Crippen LogP contribution in [0.5, 0.6) is 5.75 Å². The zero-order valence-electron chi connectivity index (χ0n) is 10.9. The van der Waals surface area contributed by atoms with Crippen LogP contribution in [0.2, 0.25) is 0 Å². The molecule has 2 rings (SSSR count). The molecular formula is C14H14N2O3S. The van der Waals surface area contributed by atoms with E-state index in [1.165, 1.54) is 13.2 Å². The molecule has 5 nitrogen and oxygen atoms in total. The highest BCUT2D eigenvalue weighted by Gasteiger charge is 2.10. The quantitative estimate of drug-likeness (QED) is 0.395. The topological polar surface area (TPSA) is 78.4 Å². The van der Waals surface area contributed by atoms with Crippen LogP contribution in [0.25, 0.3) is 0 Å². The van der Waals surface area contributed by atoms with Gasteiger partial charge in [-0.2, -0.15) is 0 Å². The predicted molar refractivity (Wildman–Crippen MR) is 80.1 cm³/mol. The van der Waals surface area contributed by atoms with Gasteiger partial charge in [0, 0.05) is 22.4 Å². The highest BCUT2D eigenvalue weighted by Crippen LogP contribution is 2.28. The standard InChI is InChI=1S/C14H14N2O3S/c1-19-13-7-10(6-12(8-13)16(17)18)9-20-14-4-2-11(15)3-5-14/h2-8H,9,15H2,1H3. The number of methoxy groups -OCH3 is 1. The Hall–Kier alpha value is -2.21. The molecule has 0 saturated carbocycles. The molecule has 0 aromatic heterocycles. The number of thioether (sulfide) groups is 1. The number of non-ortho nitro benzene ring substituents is 1. The van der Waals surface area contributed by atoms with Gasteiger partial charge in [0.25, 0.3) is 5.69 Å². The molecule has 0 saturated heterocycles. The summed E-state index contributed by atoms with van der Waals surface area (Å²) in [5.41, 5.74) is 7.22. The van der Waals surface area contributed by atoms with Gasteiger partial charge in [-0.3, -0.25) is 10.1 Å². The molecule has 0 heterocycles. The van der Waals surface area contributed by atoms with Gasteiger partial charge in [-0.1, -0.05) is 0 Å². The number of anilines is 1. The first-order chi connectivity index (χ1) is 9.58. The van der Waals surface area contributed by atoms with Gasteiger partial charge >= 0.3 is 0 Å². The average Bonchev–Trinajstić information content (AvgIpc) is 2.46. The summed E-state index contributed by atoms with van der Waals surface area (Å²) in [5.74, 6) is 1.12. The van der Waals surface area contributed by atoms with Crippen molar-refractivity contribution in [2.45, 2.75) is 10.6 Å². The van der Waals surface area contributed by atoms with Crippen LogP contribution in [0.4, 0.5) is 11.4 Å². The third-order valence-electron chi connectivity index (χ3n) is 2.68. The number of nitro benzene ring substituents is 1. The predicted octanol–water partition coefficient (Wildman–Crippen LogP) is 3.48. The molecule has 2 aromatic carbocycles. The summed E-state index contributed by atoms with van der Waals surface area (Å²) in [4.78, 5) is 11.5. The maximum Gasteiger partial charge on any atom is 0.273 e. The van der Waals surface area contributed by atoms with E-state index in [-0.39, 0.29) is 5.69 Å². The first-order valence-electron chi connectivity index (χ1n) is 5.89. The van der Waals surface area contributed by atoms with E-state index < -0.39 is 4.92 Å². The Balaban J connectivity index is 2.14. The molecule has 104 valence electrons. The van der Waals surface area contributed by atoms with Crippen LogP contribution < -0.4 is 10.5 Å². The fourth-order valence-electron chi connectivity index (χ4n) is 1.68. The molecule has 0 spiro atoms. The molecule has 0 amide bonds. The number of benzene rings is 2. The van der Waals surface area contributed by atoms with E-state index in [1.807, 2.05) is 24.3 Å². The third-order valence-corrected chi connectivity index (χ3v) is 3.77. The molecule has 0 radical (unpaired) electrons. The fourth-order valence-corrected chi connectivity index (χ4v) is 2.51. The van der Waals surface area contributed by atoms with Gasteiger partial charge in [0.05, 0.1) is 18.1 Å². The molecule has 0 atom stereocenters. The monoisotopic (exact) mass is 290 g/mol. The summed E-state index contributed by atoms with van der Waals surface area (Å²) in [6, 6.07) is 12.3. The van der Waals surface area contributed by atoms with Crippen LogP contribution >= 0.6 is 11.8 Å². The third kappa shape index (κ3) is 3.64. The number of nitrogens with zero attached hydrogens (tertiary/aromatic N) is 1. The second-order valence-electron chi connectivity index (χ2n) is 4.15. The Morgan fingerprint density at radius 2 is 1.95 bits per heavy atom. The maximum absolute atomic E-state index is 10.9. The Bertz CT molecular complexity index is 614. The summed E-state index contributed by atoms with van der Waals surface area (Å²) in [6.45, 7) is 0. The Kier molecular flexibility index (Phi) is 4.47. The van der Waals surface area contributed by atoms with Gasteiger partial charge in [0.2, 0.25) is 0 Å². The Morgan fingerprint density at radius 3 is 2.55 bits per heavy atom. The smallest absolute Gasteiger partial charge is 0.273 e. The molecule has 2 N–H and O–H groups in total. The second-order valence-corrected chi connectivity index (χ2v) is 5.20. The molecule has 2 aromatic rings. The molecule has 0 aliphatic rings. The summed E-state index contributed by atoms with van der Waals surface area (Å²) < 4.78 is 5.08.